The molecule has 6 heteroatoms. The number of hydrogen-bond acceptors (Lipinski definition) is 5. The van der Waals surface area contributed by atoms with E-state index in [9.17, 15) is 9.59 Å². The van der Waals surface area contributed by atoms with E-state index in [-0.39, 0.29) is 18.2 Å². The highest BCUT2D eigenvalue weighted by molar-refractivity contribution is 5.98. The number of carbonyl (C=O) groups is 2. The van der Waals surface area contributed by atoms with Gasteiger partial charge in [-0.1, -0.05) is 30.3 Å². The first-order valence-electron chi connectivity index (χ1n) is 9.75. The van der Waals surface area contributed by atoms with Crippen LogP contribution in [0.5, 0.6) is 0 Å². The molecule has 2 aromatic carbocycles. The number of rotatable bonds is 3. The summed E-state index contributed by atoms with van der Waals surface area (Å²) in [5, 5.41) is 1.11. The van der Waals surface area contributed by atoms with Gasteiger partial charge in [0.2, 0.25) is 0 Å². The summed E-state index contributed by atoms with van der Waals surface area (Å²) >= 11 is 0. The summed E-state index contributed by atoms with van der Waals surface area (Å²) in [6, 6.07) is 15.2. The van der Waals surface area contributed by atoms with Crippen LogP contribution in [-0.4, -0.2) is 33.0 Å². The molecule has 144 valence electrons. The third-order valence-electron chi connectivity index (χ3n) is 5.41. The average Bonchev–Trinajstić information content (AvgIpc) is 3.11. The van der Waals surface area contributed by atoms with Crippen LogP contribution in [0.1, 0.15) is 39.4 Å². The van der Waals surface area contributed by atoms with Crippen molar-refractivity contribution in [1.29, 1.82) is 0 Å². The normalized spacial score (nSPS) is 13.4. The third-order valence-corrected chi connectivity index (χ3v) is 5.41. The molecular formula is C23H19N3O3. The lowest BCUT2D eigenvalue weighted by Crippen LogP contribution is -2.23. The van der Waals surface area contributed by atoms with Crippen molar-refractivity contribution in [2.75, 3.05) is 6.61 Å². The number of ether oxygens (including phenoxy) is 1. The predicted molar refractivity (Wildman–Crippen MR) is 109 cm³/mol. The Bertz CT molecular complexity index is 1260. The van der Waals surface area contributed by atoms with Crippen LogP contribution in [0.4, 0.5) is 0 Å². The fourth-order valence-corrected chi connectivity index (χ4v) is 4.10. The van der Waals surface area contributed by atoms with Crippen molar-refractivity contribution < 1.29 is 14.3 Å². The molecule has 0 unspecified atom stereocenters. The highest BCUT2D eigenvalue weighted by atomic mass is 16.5. The van der Waals surface area contributed by atoms with Crippen LogP contribution < -0.4 is 0 Å². The van der Waals surface area contributed by atoms with E-state index in [2.05, 4.69) is 16.0 Å². The van der Waals surface area contributed by atoms with E-state index in [0.717, 1.165) is 42.3 Å². The molecule has 1 aliphatic rings. The monoisotopic (exact) mass is 385 g/mol. The van der Waals surface area contributed by atoms with Gasteiger partial charge in [0.1, 0.15) is 0 Å². The number of fused-ring (bicyclic) bond motifs is 4. The van der Waals surface area contributed by atoms with E-state index in [0.29, 0.717) is 11.0 Å². The Hall–Kier alpha value is -3.54. The van der Waals surface area contributed by atoms with Crippen LogP contribution >= 0.6 is 0 Å². The number of para-hydroxylation sites is 3. The number of hydrogen-bond donors (Lipinski definition) is 0. The van der Waals surface area contributed by atoms with Gasteiger partial charge in [-0.05, 0) is 49.4 Å². The third kappa shape index (κ3) is 3.06. The number of nitrogens with zero attached hydrogens (tertiary/aromatic N) is 3. The van der Waals surface area contributed by atoms with Gasteiger partial charge < -0.3 is 4.74 Å². The van der Waals surface area contributed by atoms with Crippen molar-refractivity contribution in [1.82, 2.24) is 14.5 Å². The molecule has 2 aromatic heterocycles. The van der Waals surface area contributed by atoms with Gasteiger partial charge in [-0.15, -0.1) is 0 Å². The average molecular weight is 385 g/mol. The minimum absolute atomic E-state index is 0.0934. The Morgan fingerprint density at radius 3 is 2.62 bits per heavy atom. The van der Waals surface area contributed by atoms with Gasteiger partial charge >= 0.3 is 5.97 Å². The molecule has 0 atom stereocenters. The van der Waals surface area contributed by atoms with E-state index >= 15 is 0 Å². The first-order valence-corrected chi connectivity index (χ1v) is 9.75. The Morgan fingerprint density at radius 2 is 1.72 bits per heavy atom. The topological polar surface area (TPSA) is 74.1 Å². The number of carbonyl (C=O) groups excluding carboxylic acids is 2. The van der Waals surface area contributed by atoms with E-state index < -0.39 is 5.97 Å². The summed E-state index contributed by atoms with van der Waals surface area (Å²) in [6.07, 6.45) is 5.40. The highest BCUT2D eigenvalue weighted by Crippen LogP contribution is 2.32. The standard InChI is InChI=1S/C23H19N3O3/c27-22(14-29-23(28)19-13-24-17-9-3-4-10-18(17)25-19)26-20-11-5-1-7-15(20)16-8-2-6-12-21(16)26/h1,3-5,7,9-11,13H,2,6,8,12,14H2. The summed E-state index contributed by atoms with van der Waals surface area (Å²) in [6.45, 7) is -0.335. The van der Waals surface area contributed by atoms with Crippen molar-refractivity contribution in [3.8, 4) is 0 Å². The van der Waals surface area contributed by atoms with Gasteiger partial charge in [0, 0.05) is 11.1 Å². The molecule has 0 radical (unpaired) electrons. The molecule has 0 saturated carbocycles. The summed E-state index contributed by atoms with van der Waals surface area (Å²) in [4.78, 5) is 33.9. The zero-order chi connectivity index (χ0) is 19.8. The lowest BCUT2D eigenvalue weighted by atomic mass is 9.96. The van der Waals surface area contributed by atoms with Crippen LogP contribution in [0.15, 0.2) is 54.7 Å². The molecule has 0 fully saturated rings. The first-order chi connectivity index (χ1) is 14.2. The van der Waals surface area contributed by atoms with E-state index in [1.807, 2.05) is 36.4 Å². The Kier molecular flexibility index (Phi) is 4.31. The molecule has 1 aliphatic carbocycles. The molecule has 0 aliphatic heterocycles. The second-order valence-corrected chi connectivity index (χ2v) is 7.20. The Labute approximate surface area is 167 Å². The van der Waals surface area contributed by atoms with Crippen LogP contribution in [0, 0.1) is 0 Å². The molecule has 6 nitrogen and oxygen atoms in total. The molecule has 0 saturated heterocycles. The zero-order valence-electron chi connectivity index (χ0n) is 15.8. The second-order valence-electron chi connectivity index (χ2n) is 7.20. The van der Waals surface area contributed by atoms with Gasteiger partial charge in [0.25, 0.3) is 5.91 Å². The molecule has 0 N–H and O–H groups in total. The summed E-state index contributed by atoms with van der Waals surface area (Å²) in [7, 11) is 0. The fourth-order valence-electron chi connectivity index (χ4n) is 4.10. The molecular weight excluding hydrogens is 366 g/mol. The maximum absolute atomic E-state index is 13.0. The van der Waals surface area contributed by atoms with Gasteiger partial charge in [-0.3, -0.25) is 14.3 Å². The summed E-state index contributed by atoms with van der Waals surface area (Å²) < 4.78 is 7.02. The lowest BCUT2D eigenvalue weighted by molar-refractivity contribution is 0.0444. The number of benzene rings is 2. The number of aryl methyl sites for hydroxylation is 1. The molecule has 29 heavy (non-hydrogen) atoms. The van der Waals surface area contributed by atoms with Crippen molar-refractivity contribution in [2.24, 2.45) is 0 Å². The van der Waals surface area contributed by atoms with Gasteiger partial charge in [-0.25, -0.2) is 9.78 Å². The zero-order valence-corrected chi connectivity index (χ0v) is 15.8. The Balaban J connectivity index is 1.40. The van der Waals surface area contributed by atoms with E-state index in [1.165, 1.54) is 11.8 Å². The van der Waals surface area contributed by atoms with E-state index in [4.69, 9.17) is 4.74 Å². The maximum Gasteiger partial charge on any atom is 0.359 e. The maximum atomic E-state index is 13.0. The largest absolute Gasteiger partial charge is 0.451 e. The van der Waals surface area contributed by atoms with Crippen LogP contribution in [0.2, 0.25) is 0 Å². The van der Waals surface area contributed by atoms with E-state index in [1.54, 1.807) is 10.6 Å². The molecule has 4 aromatic rings. The fraction of sp³-hybridized carbons (Fsp3) is 0.217. The summed E-state index contributed by atoms with van der Waals surface area (Å²) in [5.41, 5.74) is 4.57. The van der Waals surface area contributed by atoms with Crippen LogP contribution in [-0.2, 0) is 17.6 Å². The quantitative estimate of drug-likeness (QED) is 0.499. The molecule has 0 amide bonds. The molecule has 5 rings (SSSR count). The van der Waals surface area contributed by atoms with Crippen molar-refractivity contribution in [3.05, 3.63) is 71.7 Å². The Morgan fingerprint density at radius 1 is 0.966 bits per heavy atom. The number of aromatic nitrogens is 3. The van der Waals surface area contributed by atoms with Crippen molar-refractivity contribution >= 4 is 33.8 Å². The molecule has 0 bridgehead atoms. The second kappa shape index (κ2) is 7.13. The molecule has 0 spiro atoms. The first kappa shape index (κ1) is 17.6. The van der Waals surface area contributed by atoms with Crippen molar-refractivity contribution in [2.45, 2.75) is 25.7 Å². The van der Waals surface area contributed by atoms with Crippen molar-refractivity contribution in [3.63, 3.8) is 0 Å². The van der Waals surface area contributed by atoms with Gasteiger partial charge in [0.05, 0.1) is 22.7 Å². The molecule has 2 heterocycles. The summed E-state index contributed by atoms with van der Waals surface area (Å²) in [5.74, 6) is -0.895. The van der Waals surface area contributed by atoms with Gasteiger partial charge in [-0.2, -0.15) is 0 Å². The predicted octanol–water partition coefficient (Wildman–Crippen LogP) is 3.96. The highest BCUT2D eigenvalue weighted by Gasteiger charge is 2.24. The van der Waals surface area contributed by atoms with Crippen LogP contribution in [0.3, 0.4) is 0 Å². The SMILES string of the molecule is O=C(OCC(=O)n1c2c(c3ccccc31)CCCC2)c1cnc2ccccc2n1. The minimum atomic E-state index is -0.651. The van der Waals surface area contributed by atoms with Gasteiger partial charge in [0.15, 0.2) is 12.3 Å². The number of esters is 1. The smallest absolute Gasteiger partial charge is 0.359 e. The minimum Gasteiger partial charge on any atom is -0.451 e. The lowest BCUT2D eigenvalue weighted by Gasteiger charge is -2.15. The van der Waals surface area contributed by atoms with Crippen LogP contribution in [0.25, 0.3) is 21.9 Å².